The molecule has 0 aliphatic heterocycles. The van der Waals surface area contributed by atoms with Gasteiger partial charge in [-0.15, -0.1) is 0 Å². The maximum absolute atomic E-state index is 5.70. The molecule has 0 unspecified atom stereocenters. The van der Waals surface area contributed by atoms with Gasteiger partial charge in [0.2, 0.25) is 0 Å². The Balaban J connectivity index is 2.23. The molecule has 0 heterocycles. The summed E-state index contributed by atoms with van der Waals surface area (Å²) in [6.45, 7) is 8.97. The lowest BCUT2D eigenvalue weighted by Gasteiger charge is -2.12. The average Bonchev–Trinajstić information content (AvgIpc) is 2.61. The Labute approximate surface area is 145 Å². The molecule has 6 nitrogen and oxygen atoms in total. The van der Waals surface area contributed by atoms with E-state index in [1.165, 1.54) is 0 Å². The third-order valence-corrected chi connectivity index (χ3v) is 3.25. The van der Waals surface area contributed by atoms with Crippen molar-refractivity contribution in [3.05, 3.63) is 29.8 Å². The summed E-state index contributed by atoms with van der Waals surface area (Å²) in [6, 6.07) is 7.89. The van der Waals surface area contributed by atoms with E-state index in [1.54, 1.807) is 7.11 Å². The van der Waals surface area contributed by atoms with Crippen molar-refractivity contribution < 1.29 is 14.2 Å². The van der Waals surface area contributed by atoms with Crippen molar-refractivity contribution >= 4 is 5.96 Å². The molecule has 24 heavy (non-hydrogen) atoms. The van der Waals surface area contributed by atoms with Crippen molar-refractivity contribution in [2.24, 2.45) is 4.99 Å². The molecule has 0 bridgehead atoms. The number of benzene rings is 1. The molecule has 0 saturated heterocycles. The van der Waals surface area contributed by atoms with Crippen LogP contribution in [-0.4, -0.2) is 52.5 Å². The van der Waals surface area contributed by atoms with E-state index < -0.39 is 0 Å². The Bertz CT molecular complexity index is 467. The minimum atomic E-state index is 0.535. The number of nitrogens with one attached hydrogen (secondary N) is 2. The number of methoxy groups -OCH3 is 1. The van der Waals surface area contributed by atoms with Crippen molar-refractivity contribution in [3.8, 4) is 5.75 Å². The van der Waals surface area contributed by atoms with Gasteiger partial charge in [0.25, 0.3) is 0 Å². The predicted octanol–water partition coefficient (Wildman–Crippen LogP) is 2.19. The third-order valence-electron chi connectivity index (χ3n) is 3.25. The molecular weight excluding hydrogens is 306 g/mol. The van der Waals surface area contributed by atoms with Crippen LogP contribution in [0.5, 0.6) is 5.75 Å². The molecule has 136 valence electrons. The van der Waals surface area contributed by atoms with Crippen LogP contribution in [0, 0.1) is 0 Å². The zero-order valence-electron chi connectivity index (χ0n) is 15.1. The molecule has 0 aromatic heterocycles. The Hall–Kier alpha value is -1.79. The third kappa shape index (κ3) is 8.74. The summed E-state index contributed by atoms with van der Waals surface area (Å²) < 4.78 is 16.3. The van der Waals surface area contributed by atoms with Crippen LogP contribution >= 0.6 is 0 Å². The summed E-state index contributed by atoms with van der Waals surface area (Å²) in [6.07, 6.45) is 0.925. The molecule has 1 aromatic rings. The largest absolute Gasteiger partial charge is 0.496 e. The van der Waals surface area contributed by atoms with Gasteiger partial charge < -0.3 is 24.8 Å². The summed E-state index contributed by atoms with van der Waals surface area (Å²) in [4.78, 5) is 4.51. The topological polar surface area (TPSA) is 64.1 Å². The second-order valence-corrected chi connectivity index (χ2v) is 5.10. The lowest BCUT2D eigenvalue weighted by atomic mass is 10.2. The van der Waals surface area contributed by atoms with E-state index in [4.69, 9.17) is 14.2 Å². The molecule has 0 atom stereocenters. The van der Waals surface area contributed by atoms with Crippen LogP contribution in [0.15, 0.2) is 29.3 Å². The van der Waals surface area contributed by atoms with E-state index in [0.29, 0.717) is 19.8 Å². The lowest BCUT2D eigenvalue weighted by Crippen LogP contribution is -2.39. The van der Waals surface area contributed by atoms with Crippen LogP contribution in [0.4, 0.5) is 0 Å². The standard InChI is InChI=1S/C18H31N3O3/c1-4-19-18(20-11-8-13-23-5-2)21-12-14-24-15-16-9-6-7-10-17(16)22-3/h6-7,9-10H,4-5,8,11-15H2,1-3H3,(H2,19,20,21). The van der Waals surface area contributed by atoms with Gasteiger partial charge in [-0.3, -0.25) is 4.99 Å². The second-order valence-electron chi connectivity index (χ2n) is 5.10. The van der Waals surface area contributed by atoms with E-state index >= 15 is 0 Å². The van der Waals surface area contributed by atoms with Gasteiger partial charge in [-0.25, -0.2) is 0 Å². The number of rotatable bonds is 12. The first-order chi connectivity index (χ1) is 11.8. The molecule has 0 radical (unpaired) electrons. The van der Waals surface area contributed by atoms with E-state index in [-0.39, 0.29) is 0 Å². The fourth-order valence-electron chi connectivity index (χ4n) is 2.09. The Morgan fingerprint density at radius 3 is 2.67 bits per heavy atom. The molecule has 1 aromatic carbocycles. The number of guanidine groups is 1. The van der Waals surface area contributed by atoms with Gasteiger partial charge in [0.15, 0.2) is 5.96 Å². The van der Waals surface area contributed by atoms with Gasteiger partial charge in [-0.2, -0.15) is 0 Å². The highest BCUT2D eigenvalue weighted by Crippen LogP contribution is 2.17. The second kappa shape index (κ2) is 13.6. The number of para-hydroxylation sites is 1. The van der Waals surface area contributed by atoms with Crippen molar-refractivity contribution in [3.63, 3.8) is 0 Å². The Morgan fingerprint density at radius 2 is 1.92 bits per heavy atom. The summed E-state index contributed by atoms with van der Waals surface area (Å²) in [5, 5.41) is 6.49. The molecule has 6 heteroatoms. The van der Waals surface area contributed by atoms with E-state index in [2.05, 4.69) is 22.5 Å². The van der Waals surface area contributed by atoms with Gasteiger partial charge in [-0.05, 0) is 26.3 Å². The lowest BCUT2D eigenvalue weighted by molar-refractivity contribution is 0.123. The first-order valence-corrected chi connectivity index (χ1v) is 8.61. The predicted molar refractivity (Wildman–Crippen MR) is 97.7 cm³/mol. The summed E-state index contributed by atoms with van der Waals surface area (Å²) in [5.74, 6) is 1.67. The van der Waals surface area contributed by atoms with Crippen LogP contribution in [-0.2, 0) is 16.1 Å². The molecule has 0 aliphatic carbocycles. The van der Waals surface area contributed by atoms with Gasteiger partial charge in [0.05, 0.1) is 20.3 Å². The molecule has 0 fully saturated rings. The normalized spacial score (nSPS) is 11.4. The molecule has 0 aliphatic rings. The van der Waals surface area contributed by atoms with Crippen LogP contribution in [0.3, 0.4) is 0 Å². The Kier molecular flexibility index (Phi) is 11.5. The van der Waals surface area contributed by atoms with Crippen molar-refractivity contribution in [1.82, 2.24) is 10.6 Å². The zero-order valence-corrected chi connectivity index (χ0v) is 15.1. The molecule has 0 spiro atoms. The van der Waals surface area contributed by atoms with Crippen LogP contribution < -0.4 is 15.4 Å². The Morgan fingerprint density at radius 1 is 1.08 bits per heavy atom. The molecule has 1 rings (SSSR count). The zero-order chi connectivity index (χ0) is 17.5. The summed E-state index contributed by atoms with van der Waals surface area (Å²) in [5.41, 5.74) is 1.05. The fraction of sp³-hybridized carbons (Fsp3) is 0.611. The summed E-state index contributed by atoms with van der Waals surface area (Å²) in [7, 11) is 1.67. The average molecular weight is 337 g/mol. The first-order valence-electron chi connectivity index (χ1n) is 8.61. The van der Waals surface area contributed by atoms with Crippen molar-refractivity contribution in [2.45, 2.75) is 26.9 Å². The summed E-state index contributed by atoms with van der Waals surface area (Å²) >= 11 is 0. The highest BCUT2D eigenvalue weighted by atomic mass is 16.5. The highest BCUT2D eigenvalue weighted by molar-refractivity contribution is 5.79. The SMILES string of the molecule is CCNC(=NCCCOCC)NCCOCc1ccccc1OC. The van der Waals surface area contributed by atoms with E-state index in [0.717, 1.165) is 50.0 Å². The minimum absolute atomic E-state index is 0.535. The van der Waals surface area contributed by atoms with E-state index in [1.807, 2.05) is 31.2 Å². The molecule has 0 saturated carbocycles. The number of hydrogen-bond donors (Lipinski definition) is 2. The van der Waals surface area contributed by atoms with Gasteiger partial charge >= 0.3 is 0 Å². The number of nitrogens with zero attached hydrogens (tertiary/aromatic N) is 1. The van der Waals surface area contributed by atoms with Gasteiger partial charge in [0.1, 0.15) is 5.75 Å². The molecule has 2 N–H and O–H groups in total. The number of ether oxygens (including phenoxy) is 3. The quantitative estimate of drug-likeness (QED) is 0.348. The smallest absolute Gasteiger partial charge is 0.191 e. The van der Waals surface area contributed by atoms with Gasteiger partial charge in [0, 0.05) is 38.4 Å². The maximum atomic E-state index is 5.70. The van der Waals surface area contributed by atoms with Crippen LogP contribution in [0.25, 0.3) is 0 Å². The monoisotopic (exact) mass is 337 g/mol. The first kappa shape index (κ1) is 20.3. The number of aliphatic imine (C=N–C) groups is 1. The van der Waals surface area contributed by atoms with Crippen LogP contribution in [0.1, 0.15) is 25.8 Å². The molecule has 0 amide bonds. The van der Waals surface area contributed by atoms with Crippen LogP contribution in [0.2, 0.25) is 0 Å². The maximum Gasteiger partial charge on any atom is 0.191 e. The minimum Gasteiger partial charge on any atom is -0.496 e. The van der Waals surface area contributed by atoms with Gasteiger partial charge in [-0.1, -0.05) is 18.2 Å². The molecular formula is C18H31N3O3. The van der Waals surface area contributed by atoms with Crippen molar-refractivity contribution in [2.75, 3.05) is 46.6 Å². The number of hydrogen-bond acceptors (Lipinski definition) is 4. The fourth-order valence-corrected chi connectivity index (χ4v) is 2.09. The highest BCUT2D eigenvalue weighted by Gasteiger charge is 2.01. The van der Waals surface area contributed by atoms with E-state index in [9.17, 15) is 0 Å². The van der Waals surface area contributed by atoms with Crippen molar-refractivity contribution in [1.29, 1.82) is 0 Å².